The van der Waals surface area contributed by atoms with Gasteiger partial charge in [0.2, 0.25) is 0 Å². The number of rotatable bonds is 4. The van der Waals surface area contributed by atoms with Crippen LogP contribution < -0.4 is 20.3 Å². The van der Waals surface area contributed by atoms with Gasteiger partial charge in [-0.2, -0.15) is 0 Å². The SMILES string of the molecule is CC(C)Oc1cc2c3c4c1cccc4c(=O)c1cc(OC(C)C)c4cccc(c2=O)c4c1-3. The maximum Gasteiger partial charge on any atom is 0.194 e. The minimum Gasteiger partial charge on any atom is -0.490 e. The summed E-state index contributed by atoms with van der Waals surface area (Å²) >= 11 is 0. The standard InChI is InChI=1S/C28H22O4/c1-13(2)31-21-11-19-25-23-15(21)7-5-9-17(23)28(30)20-12-22(32-14(3)4)16-8-6-10-18(27(19)29)24(16)26(20)25/h5-14H,1-4H3. The average Bonchev–Trinajstić information content (AvgIpc) is 2.76. The Morgan fingerprint density at radius 3 is 1.31 bits per heavy atom. The zero-order valence-corrected chi connectivity index (χ0v) is 18.4. The van der Waals surface area contributed by atoms with Gasteiger partial charge in [0.15, 0.2) is 10.9 Å². The van der Waals surface area contributed by atoms with E-state index in [-0.39, 0.29) is 23.1 Å². The summed E-state index contributed by atoms with van der Waals surface area (Å²) < 4.78 is 12.2. The molecule has 4 nitrogen and oxygen atoms in total. The van der Waals surface area contributed by atoms with Gasteiger partial charge in [-0.3, -0.25) is 9.59 Å². The summed E-state index contributed by atoms with van der Waals surface area (Å²) in [5, 5.41) is 5.71. The quantitative estimate of drug-likeness (QED) is 0.258. The van der Waals surface area contributed by atoms with Crippen molar-refractivity contribution in [3.05, 3.63) is 69.0 Å². The van der Waals surface area contributed by atoms with Gasteiger partial charge in [0.25, 0.3) is 0 Å². The second-order valence-corrected chi connectivity index (χ2v) is 9.04. The molecule has 0 amide bonds. The minimum atomic E-state index is -0.0562. The molecule has 0 bridgehead atoms. The largest absolute Gasteiger partial charge is 0.490 e. The van der Waals surface area contributed by atoms with Gasteiger partial charge in [0, 0.05) is 54.2 Å². The summed E-state index contributed by atoms with van der Waals surface area (Å²) in [6, 6.07) is 15.1. The van der Waals surface area contributed by atoms with Crippen molar-refractivity contribution in [2.45, 2.75) is 39.9 Å². The highest BCUT2D eigenvalue weighted by Gasteiger charge is 2.28. The zero-order chi connectivity index (χ0) is 22.3. The average molecular weight is 422 g/mol. The van der Waals surface area contributed by atoms with Crippen molar-refractivity contribution in [2.75, 3.05) is 0 Å². The van der Waals surface area contributed by atoms with Crippen LogP contribution in [0.2, 0.25) is 0 Å². The molecule has 0 fully saturated rings. The minimum absolute atomic E-state index is 0.0506. The molecule has 158 valence electrons. The van der Waals surface area contributed by atoms with Crippen LogP contribution in [0.3, 0.4) is 0 Å². The van der Waals surface area contributed by atoms with E-state index in [1.165, 1.54) is 0 Å². The van der Waals surface area contributed by atoms with Gasteiger partial charge in [-0.25, -0.2) is 0 Å². The van der Waals surface area contributed by atoms with Crippen LogP contribution in [0, 0.1) is 0 Å². The Labute approximate surface area is 184 Å². The van der Waals surface area contributed by atoms with Gasteiger partial charge >= 0.3 is 0 Å². The fourth-order valence-electron chi connectivity index (χ4n) is 5.13. The van der Waals surface area contributed by atoms with E-state index in [0.29, 0.717) is 33.0 Å². The van der Waals surface area contributed by atoms with E-state index in [2.05, 4.69) is 0 Å². The number of ether oxygens (including phenoxy) is 2. The molecular weight excluding hydrogens is 400 g/mol. The van der Waals surface area contributed by atoms with Gasteiger partial charge in [0.05, 0.1) is 12.2 Å². The molecule has 0 unspecified atom stereocenters. The van der Waals surface area contributed by atoms with Gasteiger partial charge in [-0.05, 0) is 39.8 Å². The smallest absolute Gasteiger partial charge is 0.194 e. The van der Waals surface area contributed by atoms with Crippen LogP contribution in [0.25, 0.3) is 54.2 Å². The van der Waals surface area contributed by atoms with Crippen molar-refractivity contribution in [1.29, 1.82) is 0 Å². The molecule has 6 rings (SSSR count). The van der Waals surface area contributed by atoms with Crippen LogP contribution in [-0.2, 0) is 0 Å². The predicted octanol–water partition coefficient (Wildman–Crippen LogP) is 6.01. The molecule has 0 N–H and O–H groups in total. The van der Waals surface area contributed by atoms with Gasteiger partial charge in [-0.1, -0.05) is 36.4 Å². The summed E-state index contributed by atoms with van der Waals surface area (Å²) in [7, 11) is 0. The van der Waals surface area contributed by atoms with Crippen molar-refractivity contribution < 1.29 is 9.47 Å². The summed E-state index contributed by atoms with van der Waals surface area (Å²) in [6.45, 7) is 7.83. The lowest BCUT2D eigenvalue weighted by molar-refractivity contribution is 0.245. The topological polar surface area (TPSA) is 52.6 Å². The van der Waals surface area contributed by atoms with Gasteiger partial charge in [0.1, 0.15) is 11.5 Å². The molecule has 32 heavy (non-hydrogen) atoms. The number of benzene rings is 6. The maximum atomic E-state index is 13.7. The highest BCUT2D eigenvalue weighted by atomic mass is 16.5. The molecule has 0 aromatic heterocycles. The van der Waals surface area contributed by atoms with E-state index in [4.69, 9.17) is 9.47 Å². The van der Waals surface area contributed by atoms with E-state index < -0.39 is 0 Å². The molecule has 2 aliphatic carbocycles. The van der Waals surface area contributed by atoms with E-state index >= 15 is 0 Å². The number of hydrogen-bond donors (Lipinski definition) is 0. The highest BCUT2D eigenvalue weighted by molar-refractivity contribution is 6.29. The molecule has 0 spiro atoms. The summed E-state index contributed by atoms with van der Waals surface area (Å²) in [5.74, 6) is 1.27. The Kier molecular flexibility index (Phi) is 3.83. The molecule has 0 atom stereocenters. The van der Waals surface area contributed by atoms with Crippen LogP contribution in [0.15, 0.2) is 58.1 Å². The third-order valence-corrected chi connectivity index (χ3v) is 6.20. The van der Waals surface area contributed by atoms with E-state index in [0.717, 1.165) is 32.7 Å². The lowest BCUT2D eigenvalue weighted by Crippen LogP contribution is -2.15. The fraction of sp³-hybridized carbons (Fsp3) is 0.214. The first kappa shape index (κ1) is 19.1. The van der Waals surface area contributed by atoms with Crippen LogP contribution in [0.1, 0.15) is 27.7 Å². The first-order valence-corrected chi connectivity index (χ1v) is 11.0. The van der Waals surface area contributed by atoms with Crippen LogP contribution in [-0.4, -0.2) is 12.2 Å². The lowest BCUT2D eigenvalue weighted by Gasteiger charge is -2.24. The van der Waals surface area contributed by atoms with E-state index in [9.17, 15) is 9.59 Å². The van der Waals surface area contributed by atoms with Crippen LogP contribution >= 0.6 is 0 Å². The molecule has 0 saturated heterocycles. The van der Waals surface area contributed by atoms with Crippen molar-refractivity contribution in [2.24, 2.45) is 0 Å². The molecule has 0 saturated carbocycles. The van der Waals surface area contributed by atoms with Crippen LogP contribution in [0.5, 0.6) is 11.5 Å². The molecule has 0 aliphatic heterocycles. The lowest BCUT2D eigenvalue weighted by atomic mass is 9.81. The third-order valence-electron chi connectivity index (χ3n) is 6.20. The van der Waals surface area contributed by atoms with Crippen molar-refractivity contribution in [3.63, 3.8) is 0 Å². The molecular formula is C28H22O4. The van der Waals surface area contributed by atoms with Crippen LogP contribution in [0.4, 0.5) is 0 Å². The Bertz CT molecular complexity index is 1580. The zero-order valence-electron chi connectivity index (χ0n) is 18.4. The molecule has 4 aromatic carbocycles. The Hall–Kier alpha value is -3.66. The van der Waals surface area contributed by atoms with Crippen molar-refractivity contribution in [3.8, 4) is 22.6 Å². The predicted molar refractivity (Wildman–Crippen MR) is 131 cm³/mol. The van der Waals surface area contributed by atoms with Gasteiger partial charge < -0.3 is 9.47 Å². The monoisotopic (exact) mass is 422 g/mol. The molecule has 4 aromatic rings. The molecule has 0 heterocycles. The first-order chi connectivity index (χ1) is 15.4. The maximum absolute atomic E-state index is 13.7. The normalized spacial score (nSPS) is 12.6. The molecule has 2 aliphatic rings. The fourth-order valence-corrected chi connectivity index (χ4v) is 5.13. The Morgan fingerprint density at radius 1 is 0.562 bits per heavy atom. The molecule has 4 heteroatoms. The van der Waals surface area contributed by atoms with E-state index in [1.807, 2.05) is 76.2 Å². The summed E-state index contributed by atoms with van der Waals surface area (Å²) in [6.07, 6.45) is -0.112. The van der Waals surface area contributed by atoms with Crippen molar-refractivity contribution in [1.82, 2.24) is 0 Å². The first-order valence-electron chi connectivity index (χ1n) is 11.0. The third kappa shape index (κ3) is 2.38. The second-order valence-electron chi connectivity index (χ2n) is 9.04. The van der Waals surface area contributed by atoms with Crippen molar-refractivity contribution >= 4 is 43.1 Å². The second kappa shape index (κ2) is 6.42. The number of hydrogen-bond acceptors (Lipinski definition) is 4. The van der Waals surface area contributed by atoms with Gasteiger partial charge in [-0.15, -0.1) is 0 Å². The summed E-state index contributed by atoms with van der Waals surface area (Å²) in [5.41, 5.74) is 1.58. The summed E-state index contributed by atoms with van der Waals surface area (Å²) in [4.78, 5) is 27.5. The highest BCUT2D eigenvalue weighted by Crippen LogP contribution is 2.49. The Balaban J connectivity index is 1.96. The van der Waals surface area contributed by atoms with E-state index in [1.54, 1.807) is 0 Å². The Morgan fingerprint density at radius 2 is 0.938 bits per heavy atom. The molecule has 0 radical (unpaired) electrons.